The summed E-state index contributed by atoms with van der Waals surface area (Å²) in [7, 11) is 0. The topological polar surface area (TPSA) is 126 Å². The zero-order valence-corrected chi connectivity index (χ0v) is 13.6. The number of hydrogen-bond acceptors (Lipinski definition) is 6. The molecule has 1 aromatic heterocycles. The number of nitrogens with two attached hydrogens (primary N) is 1. The second kappa shape index (κ2) is 7.48. The number of thioether (sulfide) groups is 1. The summed E-state index contributed by atoms with van der Waals surface area (Å²) in [5.74, 6) is 0.867. The van der Waals surface area contributed by atoms with Gasteiger partial charge in [-0.05, 0) is 18.3 Å². The molecule has 1 saturated carbocycles. The number of urea groups is 1. The molecule has 0 aromatic carbocycles. The first kappa shape index (κ1) is 16.6. The molecular weight excluding hydrogens is 304 g/mol. The van der Waals surface area contributed by atoms with Crippen LogP contribution in [0.5, 0.6) is 0 Å². The van der Waals surface area contributed by atoms with Crippen LogP contribution in [0, 0.1) is 11.8 Å². The zero-order chi connectivity index (χ0) is 16.1. The van der Waals surface area contributed by atoms with Gasteiger partial charge in [0.05, 0.1) is 5.75 Å². The highest BCUT2D eigenvalue weighted by molar-refractivity contribution is 7.99. The Labute approximate surface area is 133 Å². The van der Waals surface area contributed by atoms with Crippen molar-refractivity contribution in [3.8, 4) is 0 Å². The predicted molar refractivity (Wildman–Crippen MR) is 84.2 cm³/mol. The van der Waals surface area contributed by atoms with Gasteiger partial charge in [0.25, 0.3) is 0 Å². The second-order valence-electron chi connectivity index (χ2n) is 5.69. The number of carbonyl (C=O) groups is 2. The van der Waals surface area contributed by atoms with Crippen LogP contribution in [0.4, 0.5) is 10.7 Å². The number of aromatic amines is 1. The van der Waals surface area contributed by atoms with Crippen LogP contribution in [-0.4, -0.2) is 38.9 Å². The molecule has 3 amide bonds. The normalized spacial score (nSPS) is 24.7. The van der Waals surface area contributed by atoms with Gasteiger partial charge in [-0.2, -0.15) is 4.98 Å². The van der Waals surface area contributed by atoms with Gasteiger partial charge in [-0.1, -0.05) is 38.5 Å². The number of hydrogen-bond donors (Lipinski definition) is 4. The summed E-state index contributed by atoms with van der Waals surface area (Å²) in [5, 5.41) is 11.9. The van der Waals surface area contributed by atoms with Crippen LogP contribution in [-0.2, 0) is 4.79 Å². The maximum atomic E-state index is 11.9. The fraction of sp³-hybridized carbons (Fsp3) is 0.692. The van der Waals surface area contributed by atoms with E-state index >= 15 is 0 Å². The molecule has 0 radical (unpaired) electrons. The molecule has 0 bridgehead atoms. The van der Waals surface area contributed by atoms with Gasteiger partial charge >= 0.3 is 6.03 Å². The SMILES string of the molecule is C[C@H]1[C@H](C)CCC[C@H]1NC(=O)NC(=O)CSc1n[nH]c(N)n1. The van der Waals surface area contributed by atoms with Crippen LogP contribution >= 0.6 is 11.8 Å². The van der Waals surface area contributed by atoms with E-state index in [4.69, 9.17) is 5.73 Å². The van der Waals surface area contributed by atoms with Crippen molar-refractivity contribution in [3.63, 3.8) is 0 Å². The molecule has 0 saturated heterocycles. The maximum Gasteiger partial charge on any atom is 0.321 e. The summed E-state index contributed by atoms with van der Waals surface area (Å²) in [5.41, 5.74) is 5.39. The standard InChI is InChI=1S/C13H22N6O2S/c1-7-4-3-5-9(8(7)2)15-12(21)16-10(20)6-22-13-17-11(14)18-19-13/h7-9H,3-6H2,1-2H3,(H3,14,17,18,19)(H2,15,16,20,21)/t7-,8+,9-/m1/s1. The molecular formula is C13H22N6O2S. The van der Waals surface area contributed by atoms with Gasteiger partial charge in [0, 0.05) is 6.04 Å². The van der Waals surface area contributed by atoms with E-state index in [0.29, 0.717) is 17.0 Å². The lowest BCUT2D eigenvalue weighted by Gasteiger charge is -2.34. The second-order valence-corrected chi connectivity index (χ2v) is 6.63. The number of H-pyrrole nitrogens is 1. The third-order valence-electron chi connectivity index (χ3n) is 4.09. The lowest BCUT2D eigenvalue weighted by Crippen LogP contribution is -2.49. The summed E-state index contributed by atoms with van der Waals surface area (Å²) in [6.45, 7) is 4.33. The minimum absolute atomic E-state index is 0.0569. The Hall–Kier alpha value is -1.77. The number of nitrogens with one attached hydrogen (secondary N) is 3. The Morgan fingerprint density at radius 2 is 2.18 bits per heavy atom. The van der Waals surface area contributed by atoms with Crippen LogP contribution in [0.3, 0.4) is 0 Å². The molecule has 1 heterocycles. The quantitative estimate of drug-likeness (QED) is 0.615. The molecule has 1 aliphatic rings. The van der Waals surface area contributed by atoms with Gasteiger partial charge in [-0.15, -0.1) is 5.10 Å². The van der Waals surface area contributed by atoms with E-state index in [-0.39, 0.29) is 23.7 Å². The largest absolute Gasteiger partial charge is 0.368 e. The number of amides is 3. The van der Waals surface area contributed by atoms with E-state index in [0.717, 1.165) is 24.6 Å². The van der Waals surface area contributed by atoms with E-state index in [1.807, 2.05) is 0 Å². The van der Waals surface area contributed by atoms with E-state index in [2.05, 4.69) is 39.7 Å². The molecule has 8 nitrogen and oxygen atoms in total. The van der Waals surface area contributed by atoms with Crippen LogP contribution in [0.2, 0.25) is 0 Å². The molecule has 2 rings (SSSR count). The molecule has 22 heavy (non-hydrogen) atoms. The monoisotopic (exact) mass is 326 g/mol. The van der Waals surface area contributed by atoms with Crippen molar-refractivity contribution in [1.29, 1.82) is 0 Å². The number of nitrogens with zero attached hydrogens (tertiary/aromatic N) is 2. The number of carbonyl (C=O) groups excluding carboxylic acids is 2. The average molecular weight is 326 g/mol. The third-order valence-corrected chi connectivity index (χ3v) is 4.94. The van der Waals surface area contributed by atoms with Crippen LogP contribution in [0.15, 0.2) is 5.16 Å². The molecule has 1 fully saturated rings. The third kappa shape index (κ3) is 4.62. The lowest BCUT2D eigenvalue weighted by molar-refractivity contribution is -0.117. The van der Waals surface area contributed by atoms with Crippen LogP contribution in [0.1, 0.15) is 33.1 Å². The van der Waals surface area contributed by atoms with Crippen LogP contribution in [0.25, 0.3) is 0 Å². The summed E-state index contributed by atoms with van der Waals surface area (Å²) in [4.78, 5) is 27.5. The van der Waals surface area contributed by atoms with Crippen molar-refractivity contribution >= 4 is 29.6 Å². The molecule has 9 heteroatoms. The smallest absolute Gasteiger partial charge is 0.321 e. The van der Waals surface area contributed by atoms with Gasteiger partial charge in [0.1, 0.15) is 0 Å². The van der Waals surface area contributed by atoms with Gasteiger partial charge < -0.3 is 11.1 Å². The van der Waals surface area contributed by atoms with Crippen molar-refractivity contribution < 1.29 is 9.59 Å². The minimum Gasteiger partial charge on any atom is -0.368 e. The molecule has 0 spiro atoms. The first-order valence-electron chi connectivity index (χ1n) is 7.36. The summed E-state index contributed by atoms with van der Waals surface area (Å²) in [6.07, 6.45) is 3.25. The van der Waals surface area contributed by atoms with Gasteiger partial charge in [-0.25, -0.2) is 9.89 Å². The Bertz CT molecular complexity index is 534. The van der Waals surface area contributed by atoms with E-state index in [9.17, 15) is 9.59 Å². The molecule has 122 valence electrons. The van der Waals surface area contributed by atoms with Gasteiger partial charge in [0.2, 0.25) is 17.0 Å². The highest BCUT2D eigenvalue weighted by Gasteiger charge is 2.28. The fourth-order valence-corrected chi connectivity index (χ4v) is 3.21. The summed E-state index contributed by atoms with van der Waals surface area (Å²) < 4.78 is 0. The Morgan fingerprint density at radius 1 is 1.41 bits per heavy atom. The number of aromatic nitrogens is 3. The molecule has 1 aliphatic carbocycles. The minimum atomic E-state index is -0.439. The molecule has 5 N–H and O–H groups in total. The number of rotatable bonds is 4. The molecule has 1 aromatic rings. The van der Waals surface area contributed by atoms with Crippen molar-refractivity contribution in [2.75, 3.05) is 11.5 Å². The first-order chi connectivity index (χ1) is 10.5. The zero-order valence-electron chi connectivity index (χ0n) is 12.8. The number of nitrogen functional groups attached to an aromatic ring is 1. The number of imide groups is 1. The summed E-state index contributed by atoms with van der Waals surface area (Å²) in [6, 6.07) is -0.317. The highest BCUT2D eigenvalue weighted by Crippen LogP contribution is 2.29. The lowest BCUT2D eigenvalue weighted by atomic mass is 9.78. The van der Waals surface area contributed by atoms with E-state index in [1.54, 1.807) is 0 Å². The Kier molecular flexibility index (Phi) is 5.64. The predicted octanol–water partition coefficient (Wildman–Crippen LogP) is 1.13. The van der Waals surface area contributed by atoms with Crippen molar-refractivity contribution in [2.24, 2.45) is 11.8 Å². The molecule has 3 atom stereocenters. The van der Waals surface area contributed by atoms with Gasteiger partial charge in [-0.3, -0.25) is 10.1 Å². The molecule has 0 unspecified atom stereocenters. The Balaban J connectivity index is 1.73. The van der Waals surface area contributed by atoms with E-state index in [1.165, 1.54) is 6.42 Å². The summed E-state index contributed by atoms with van der Waals surface area (Å²) >= 11 is 1.11. The van der Waals surface area contributed by atoms with Crippen molar-refractivity contribution in [1.82, 2.24) is 25.8 Å². The fourth-order valence-electron chi connectivity index (χ4n) is 2.61. The number of anilines is 1. The van der Waals surface area contributed by atoms with Crippen molar-refractivity contribution in [3.05, 3.63) is 0 Å². The average Bonchev–Trinajstić information content (AvgIpc) is 2.87. The maximum absolute atomic E-state index is 11.9. The Morgan fingerprint density at radius 3 is 2.86 bits per heavy atom. The molecule has 0 aliphatic heterocycles. The first-order valence-corrected chi connectivity index (χ1v) is 8.35. The highest BCUT2D eigenvalue weighted by atomic mass is 32.2. The van der Waals surface area contributed by atoms with Crippen molar-refractivity contribution in [2.45, 2.75) is 44.3 Å². The van der Waals surface area contributed by atoms with Crippen LogP contribution < -0.4 is 16.4 Å². The van der Waals surface area contributed by atoms with Gasteiger partial charge in [0.15, 0.2) is 0 Å². The van der Waals surface area contributed by atoms with E-state index < -0.39 is 6.03 Å².